The fraction of sp³-hybridized carbons (Fsp3) is 0.263. The van der Waals surface area contributed by atoms with Crippen LogP contribution >= 0.6 is 11.6 Å². The Bertz CT molecular complexity index is 884. The summed E-state index contributed by atoms with van der Waals surface area (Å²) in [6, 6.07) is 11.9. The summed E-state index contributed by atoms with van der Waals surface area (Å²) in [7, 11) is 5.70. The number of hydrogen-bond donors (Lipinski definition) is 1. The highest BCUT2D eigenvalue weighted by Crippen LogP contribution is 2.19. The van der Waals surface area contributed by atoms with Crippen LogP contribution in [0.2, 0.25) is 5.02 Å². The molecule has 1 N–H and O–H groups in total. The quantitative estimate of drug-likeness (QED) is 0.550. The van der Waals surface area contributed by atoms with Gasteiger partial charge in [-0.1, -0.05) is 41.9 Å². The number of guanidine groups is 1. The first-order valence-electron chi connectivity index (χ1n) is 8.29. The molecule has 0 saturated carbocycles. The Morgan fingerprint density at radius 3 is 2.77 bits per heavy atom. The van der Waals surface area contributed by atoms with E-state index >= 15 is 0 Å². The van der Waals surface area contributed by atoms with Gasteiger partial charge in [-0.25, -0.2) is 4.98 Å². The average Bonchev–Trinajstić information content (AvgIpc) is 3.23. The van der Waals surface area contributed by atoms with Crippen LogP contribution in [0, 0.1) is 0 Å². The van der Waals surface area contributed by atoms with Crippen molar-refractivity contribution in [2.75, 3.05) is 14.1 Å². The van der Waals surface area contributed by atoms with Gasteiger partial charge in [-0.2, -0.15) is 0 Å². The maximum atomic E-state index is 6.05. The Morgan fingerprint density at radius 1 is 1.35 bits per heavy atom. The van der Waals surface area contributed by atoms with Crippen LogP contribution in [0.25, 0.3) is 11.3 Å². The Hall–Kier alpha value is -2.73. The monoisotopic (exact) mass is 371 g/mol. The van der Waals surface area contributed by atoms with Gasteiger partial charge in [-0.05, 0) is 6.07 Å². The topological polar surface area (TPSA) is 58.6 Å². The summed E-state index contributed by atoms with van der Waals surface area (Å²) in [4.78, 5) is 10.7. The molecule has 0 atom stereocenters. The molecule has 2 aromatic heterocycles. The third-order valence-electron chi connectivity index (χ3n) is 4.06. The minimum Gasteiger partial charge on any atom is -0.439 e. The molecule has 3 aromatic rings. The Labute approximate surface area is 158 Å². The second-order valence-corrected chi connectivity index (χ2v) is 6.44. The van der Waals surface area contributed by atoms with Gasteiger partial charge in [0.1, 0.15) is 0 Å². The van der Waals surface area contributed by atoms with Crippen molar-refractivity contribution in [1.82, 2.24) is 19.8 Å². The molecule has 0 amide bonds. The van der Waals surface area contributed by atoms with E-state index in [0.717, 1.165) is 28.0 Å². The van der Waals surface area contributed by atoms with Gasteiger partial charge < -0.3 is 19.2 Å². The van der Waals surface area contributed by atoms with Gasteiger partial charge in [0.05, 0.1) is 24.3 Å². The number of nitrogens with zero attached hydrogens (tertiary/aromatic N) is 4. The number of benzene rings is 1. The summed E-state index contributed by atoms with van der Waals surface area (Å²) in [5.74, 6) is 2.12. The molecule has 136 valence electrons. The largest absolute Gasteiger partial charge is 0.439 e. The molecule has 0 radical (unpaired) electrons. The third-order valence-corrected chi connectivity index (χ3v) is 4.26. The van der Waals surface area contributed by atoms with Crippen molar-refractivity contribution >= 4 is 17.6 Å². The second kappa shape index (κ2) is 8.10. The van der Waals surface area contributed by atoms with E-state index in [1.54, 1.807) is 13.2 Å². The van der Waals surface area contributed by atoms with E-state index in [1.807, 2.05) is 66.2 Å². The zero-order chi connectivity index (χ0) is 18.5. The lowest BCUT2D eigenvalue weighted by atomic mass is 10.2. The van der Waals surface area contributed by atoms with E-state index in [9.17, 15) is 0 Å². The van der Waals surface area contributed by atoms with Crippen molar-refractivity contribution in [2.24, 2.45) is 12.0 Å². The molecule has 0 aliphatic heterocycles. The van der Waals surface area contributed by atoms with E-state index in [0.29, 0.717) is 19.0 Å². The minimum atomic E-state index is 0.456. The van der Waals surface area contributed by atoms with Crippen molar-refractivity contribution in [3.63, 3.8) is 0 Å². The molecule has 0 saturated heterocycles. The van der Waals surface area contributed by atoms with E-state index < -0.39 is 0 Å². The van der Waals surface area contributed by atoms with Gasteiger partial charge in [0, 0.05) is 38.6 Å². The fourth-order valence-corrected chi connectivity index (χ4v) is 2.98. The van der Waals surface area contributed by atoms with Crippen LogP contribution in [0.3, 0.4) is 0 Å². The highest BCUT2D eigenvalue weighted by molar-refractivity contribution is 6.30. The lowest BCUT2D eigenvalue weighted by Gasteiger charge is -2.21. The zero-order valence-electron chi connectivity index (χ0n) is 15.1. The summed E-state index contributed by atoms with van der Waals surface area (Å²) in [5, 5.41) is 4.00. The van der Waals surface area contributed by atoms with Gasteiger partial charge in [-0.15, -0.1) is 0 Å². The molecular weight excluding hydrogens is 350 g/mol. The molecule has 0 unspecified atom stereocenters. The van der Waals surface area contributed by atoms with E-state index in [-0.39, 0.29) is 0 Å². The smallest absolute Gasteiger partial charge is 0.214 e. The number of hydrogen-bond acceptors (Lipinski definition) is 3. The van der Waals surface area contributed by atoms with E-state index in [4.69, 9.17) is 16.0 Å². The van der Waals surface area contributed by atoms with E-state index in [2.05, 4.69) is 15.3 Å². The number of oxazole rings is 1. The Morgan fingerprint density at radius 2 is 2.12 bits per heavy atom. The zero-order valence-corrected chi connectivity index (χ0v) is 15.9. The number of halogens is 1. The minimum absolute atomic E-state index is 0.456. The van der Waals surface area contributed by atoms with Gasteiger partial charge >= 0.3 is 0 Å². The fourth-order valence-electron chi connectivity index (χ4n) is 2.71. The van der Waals surface area contributed by atoms with Crippen molar-refractivity contribution in [3.05, 3.63) is 65.4 Å². The van der Waals surface area contributed by atoms with Gasteiger partial charge in [0.25, 0.3) is 0 Å². The SMILES string of the molecule is CN=C(NCc1ncc(-c2ccccc2)o1)N(C)Cc1cc(Cl)cn1C. The van der Waals surface area contributed by atoms with Crippen LogP contribution in [0.4, 0.5) is 0 Å². The number of aryl methyl sites for hydroxylation is 1. The normalized spacial score (nSPS) is 11.6. The van der Waals surface area contributed by atoms with Crippen LogP contribution in [0.5, 0.6) is 0 Å². The maximum Gasteiger partial charge on any atom is 0.214 e. The molecular formula is C19H22ClN5O. The number of nitrogens with one attached hydrogen (secondary N) is 1. The predicted molar refractivity (Wildman–Crippen MR) is 104 cm³/mol. The number of aromatic nitrogens is 2. The summed E-state index contributed by atoms with van der Waals surface area (Å²) in [5.41, 5.74) is 2.11. The molecule has 2 heterocycles. The summed E-state index contributed by atoms with van der Waals surface area (Å²) >= 11 is 6.05. The van der Waals surface area contributed by atoms with Crippen molar-refractivity contribution in [3.8, 4) is 11.3 Å². The summed E-state index contributed by atoms with van der Waals surface area (Å²) in [6.45, 7) is 1.14. The maximum absolute atomic E-state index is 6.05. The third kappa shape index (κ3) is 4.26. The summed E-state index contributed by atoms with van der Waals surface area (Å²) in [6.07, 6.45) is 3.63. The molecule has 7 heteroatoms. The first-order chi connectivity index (χ1) is 12.6. The summed E-state index contributed by atoms with van der Waals surface area (Å²) < 4.78 is 7.82. The molecule has 0 aliphatic carbocycles. The number of aliphatic imine (C=N–C) groups is 1. The Kier molecular flexibility index (Phi) is 5.63. The van der Waals surface area contributed by atoms with Crippen molar-refractivity contribution in [2.45, 2.75) is 13.1 Å². The van der Waals surface area contributed by atoms with Gasteiger partial charge in [0.15, 0.2) is 11.7 Å². The van der Waals surface area contributed by atoms with E-state index in [1.165, 1.54) is 0 Å². The van der Waals surface area contributed by atoms with Crippen molar-refractivity contribution < 1.29 is 4.42 Å². The molecule has 6 nitrogen and oxygen atoms in total. The standard InChI is InChI=1S/C19H22ClN5O/c1-21-19(25(3)13-16-9-15(20)12-24(16)2)23-11-18-22-10-17(26-18)14-7-5-4-6-8-14/h4-10,12H,11,13H2,1-3H3,(H,21,23). The molecule has 0 spiro atoms. The lowest BCUT2D eigenvalue weighted by Crippen LogP contribution is -2.38. The highest BCUT2D eigenvalue weighted by atomic mass is 35.5. The molecule has 0 fully saturated rings. The number of rotatable bonds is 5. The van der Waals surface area contributed by atoms with Crippen LogP contribution in [-0.2, 0) is 20.1 Å². The molecule has 26 heavy (non-hydrogen) atoms. The molecule has 0 aliphatic rings. The van der Waals surface area contributed by atoms with Crippen molar-refractivity contribution in [1.29, 1.82) is 0 Å². The highest BCUT2D eigenvalue weighted by Gasteiger charge is 2.11. The molecule has 3 rings (SSSR count). The van der Waals surface area contributed by atoms with Crippen LogP contribution in [-0.4, -0.2) is 34.5 Å². The molecule has 1 aromatic carbocycles. The first-order valence-corrected chi connectivity index (χ1v) is 8.67. The van der Waals surface area contributed by atoms with Gasteiger partial charge in [0.2, 0.25) is 5.89 Å². The second-order valence-electron chi connectivity index (χ2n) is 6.00. The van der Waals surface area contributed by atoms with Crippen LogP contribution in [0.1, 0.15) is 11.6 Å². The first kappa shape index (κ1) is 18.1. The van der Waals surface area contributed by atoms with Crippen LogP contribution in [0.15, 0.2) is 58.2 Å². The van der Waals surface area contributed by atoms with Crippen LogP contribution < -0.4 is 5.32 Å². The van der Waals surface area contributed by atoms with Gasteiger partial charge in [-0.3, -0.25) is 4.99 Å². The lowest BCUT2D eigenvalue weighted by molar-refractivity contribution is 0.447. The predicted octanol–water partition coefficient (Wildman–Crippen LogP) is 3.54. The Balaban J connectivity index is 1.61. The molecule has 0 bridgehead atoms. The average molecular weight is 372 g/mol.